The molecule has 0 saturated carbocycles. The summed E-state index contributed by atoms with van der Waals surface area (Å²) in [5.74, 6) is 1.90. The molecule has 4 aromatic heterocycles. The van der Waals surface area contributed by atoms with E-state index in [1.807, 2.05) is 72.8 Å². The Morgan fingerprint density at radius 2 is 1.64 bits per heavy atom. The molecule has 1 aliphatic rings. The topological polar surface area (TPSA) is 87.9 Å². The Balaban J connectivity index is 1.07. The Morgan fingerprint density at radius 3 is 2.36 bits per heavy atom. The average molecular weight is 587 g/mol. The number of aromatic amines is 1. The number of hydrogen-bond acceptors (Lipinski definition) is 7. The Kier molecular flexibility index (Phi) is 6.79. The molecule has 8 nitrogen and oxygen atoms in total. The number of pyridine rings is 1. The van der Waals surface area contributed by atoms with Crippen LogP contribution in [0, 0.1) is 0 Å². The van der Waals surface area contributed by atoms with E-state index in [-0.39, 0.29) is 4.96 Å². The summed E-state index contributed by atoms with van der Waals surface area (Å²) in [5.41, 5.74) is 4.65. The number of nitrogens with zero attached hydrogens (tertiary/aromatic N) is 7. The molecule has 0 atom stereocenters. The molecule has 0 spiro atoms. The third-order valence-corrected chi connectivity index (χ3v) is 8.47. The number of nitrogens with one attached hydrogen (secondary N) is 1. The van der Waals surface area contributed by atoms with Crippen molar-refractivity contribution < 1.29 is 13.2 Å². The lowest BCUT2D eigenvalue weighted by Gasteiger charge is -2.30. The van der Waals surface area contributed by atoms with Gasteiger partial charge in [0.1, 0.15) is 22.9 Å². The molecular formula is C30H25F3N8S. The normalized spacial score (nSPS) is 15.0. The van der Waals surface area contributed by atoms with Crippen LogP contribution in [0.5, 0.6) is 0 Å². The van der Waals surface area contributed by atoms with E-state index in [4.69, 9.17) is 0 Å². The molecule has 1 N–H and O–H groups in total. The first-order chi connectivity index (χ1) is 20.4. The summed E-state index contributed by atoms with van der Waals surface area (Å²) in [4.78, 5) is 14.9. The summed E-state index contributed by atoms with van der Waals surface area (Å²) in [6, 6.07) is 23.1. The molecule has 42 heavy (non-hydrogen) atoms. The van der Waals surface area contributed by atoms with Crippen LogP contribution in [0.15, 0.2) is 79.0 Å². The molecule has 1 fully saturated rings. The average Bonchev–Trinajstić information content (AvgIpc) is 3.74. The fraction of sp³-hybridized carbons (Fsp3) is 0.233. The van der Waals surface area contributed by atoms with E-state index in [0.29, 0.717) is 34.5 Å². The Labute approximate surface area is 242 Å². The predicted octanol–water partition coefficient (Wildman–Crippen LogP) is 6.70. The van der Waals surface area contributed by atoms with Crippen molar-refractivity contribution in [3.05, 3.63) is 95.4 Å². The van der Waals surface area contributed by atoms with Crippen LogP contribution >= 0.6 is 11.3 Å². The smallest absolute Gasteiger partial charge is 0.323 e. The highest BCUT2D eigenvalue weighted by molar-refractivity contribution is 7.16. The van der Waals surface area contributed by atoms with Gasteiger partial charge in [0.25, 0.3) is 0 Å². The zero-order valence-electron chi connectivity index (χ0n) is 22.3. The molecule has 1 saturated heterocycles. The third-order valence-electron chi connectivity index (χ3n) is 7.51. The number of alkyl halides is 3. The zero-order chi connectivity index (χ0) is 28.7. The van der Waals surface area contributed by atoms with E-state index in [1.54, 1.807) is 6.20 Å². The second-order valence-corrected chi connectivity index (χ2v) is 11.3. The maximum atomic E-state index is 13.4. The van der Waals surface area contributed by atoms with Gasteiger partial charge in [0.2, 0.25) is 9.97 Å². The van der Waals surface area contributed by atoms with E-state index >= 15 is 0 Å². The highest BCUT2D eigenvalue weighted by Crippen LogP contribution is 2.38. The first-order valence-corrected chi connectivity index (χ1v) is 14.4. The van der Waals surface area contributed by atoms with Crippen molar-refractivity contribution in [1.29, 1.82) is 0 Å². The molecule has 0 unspecified atom stereocenters. The van der Waals surface area contributed by atoms with Crippen LogP contribution in [0.4, 0.5) is 13.2 Å². The van der Waals surface area contributed by atoms with E-state index in [9.17, 15) is 13.2 Å². The van der Waals surface area contributed by atoms with Gasteiger partial charge in [-0.1, -0.05) is 72.0 Å². The van der Waals surface area contributed by atoms with Gasteiger partial charge in [-0.05, 0) is 43.6 Å². The number of imidazole rings is 1. The van der Waals surface area contributed by atoms with Gasteiger partial charge >= 0.3 is 6.18 Å². The lowest BCUT2D eigenvalue weighted by molar-refractivity contribution is -0.138. The van der Waals surface area contributed by atoms with Crippen molar-refractivity contribution in [3.63, 3.8) is 0 Å². The molecule has 12 heteroatoms. The molecule has 7 rings (SSSR count). The number of halogens is 3. The van der Waals surface area contributed by atoms with Gasteiger partial charge in [0, 0.05) is 29.8 Å². The van der Waals surface area contributed by atoms with Crippen LogP contribution in [0.3, 0.4) is 0 Å². The molecule has 0 aliphatic carbocycles. The van der Waals surface area contributed by atoms with Crippen molar-refractivity contribution in [3.8, 4) is 34.0 Å². The fourth-order valence-corrected chi connectivity index (χ4v) is 6.15. The Bertz CT molecular complexity index is 1800. The number of likely N-dealkylation sites (tertiary alicyclic amines) is 1. The number of hydrogen-bond donors (Lipinski definition) is 1. The van der Waals surface area contributed by atoms with Crippen molar-refractivity contribution in [2.75, 3.05) is 13.1 Å². The van der Waals surface area contributed by atoms with Crippen LogP contribution in [0.2, 0.25) is 0 Å². The largest absolute Gasteiger partial charge is 0.445 e. The number of aromatic nitrogens is 7. The molecule has 212 valence electrons. The lowest BCUT2D eigenvalue weighted by Crippen LogP contribution is -2.32. The summed E-state index contributed by atoms with van der Waals surface area (Å²) in [5, 5.41) is 11.7. The number of rotatable bonds is 6. The predicted molar refractivity (Wildman–Crippen MR) is 154 cm³/mol. The van der Waals surface area contributed by atoms with Gasteiger partial charge in [-0.15, -0.1) is 15.3 Å². The van der Waals surface area contributed by atoms with E-state index in [1.165, 1.54) is 4.52 Å². The number of piperidine rings is 1. The van der Waals surface area contributed by atoms with Crippen LogP contribution < -0.4 is 0 Å². The quantitative estimate of drug-likeness (QED) is 0.234. The highest BCUT2D eigenvalue weighted by Gasteiger charge is 2.37. The second-order valence-electron chi connectivity index (χ2n) is 10.3. The van der Waals surface area contributed by atoms with E-state index in [2.05, 4.69) is 35.1 Å². The molecule has 6 aromatic rings. The van der Waals surface area contributed by atoms with Crippen LogP contribution in [0.1, 0.15) is 35.2 Å². The van der Waals surface area contributed by atoms with Gasteiger partial charge < -0.3 is 4.98 Å². The van der Waals surface area contributed by atoms with Crippen molar-refractivity contribution in [1.82, 2.24) is 39.7 Å². The Morgan fingerprint density at radius 1 is 0.881 bits per heavy atom. The van der Waals surface area contributed by atoms with Crippen molar-refractivity contribution in [2.24, 2.45) is 0 Å². The van der Waals surface area contributed by atoms with Gasteiger partial charge in [0.15, 0.2) is 5.82 Å². The minimum Gasteiger partial charge on any atom is -0.323 e. The van der Waals surface area contributed by atoms with Gasteiger partial charge in [0.05, 0.1) is 0 Å². The standard InChI is InChI=1S/C30H25F3N8S/c31-30(32,33)28-39-41-25(24(35-29(41)42-28)20-6-2-1-3-7-20)21-11-9-19(10-12-21)18-40-16-13-22(14-17-40)26-36-27(38-37-26)23-8-4-5-15-34-23/h1-12,15,22H,13-14,16-18H2,(H,36,37,38). The van der Waals surface area contributed by atoms with Gasteiger partial charge in [-0.2, -0.15) is 13.2 Å². The molecule has 2 aromatic carbocycles. The van der Waals surface area contributed by atoms with E-state index in [0.717, 1.165) is 60.7 Å². The second kappa shape index (κ2) is 10.8. The number of fused-ring (bicyclic) bond motifs is 1. The maximum absolute atomic E-state index is 13.4. The van der Waals surface area contributed by atoms with Gasteiger partial charge in [-0.3, -0.25) is 9.88 Å². The summed E-state index contributed by atoms with van der Waals surface area (Å²) in [6.45, 7) is 2.63. The molecule has 5 heterocycles. The monoisotopic (exact) mass is 586 g/mol. The minimum atomic E-state index is -4.53. The first kappa shape index (κ1) is 26.5. The Hall–Kier alpha value is -4.42. The van der Waals surface area contributed by atoms with Crippen molar-refractivity contribution in [2.45, 2.75) is 31.5 Å². The summed E-state index contributed by atoms with van der Waals surface area (Å²) in [7, 11) is 0. The van der Waals surface area contributed by atoms with Crippen molar-refractivity contribution >= 4 is 16.3 Å². The molecule has 1 aliphatic heterocycles. The SMILES string of the molecule is FC(F)(F)c1nn2c(-c3ccc(CN4CCC(c5nnc(-c6ccccn6)[nH]5)CC4)cc3)c(-c3ccccc3)nc2s1. The zero-order valence-corrected chi connectivity index (χ0v) is 23.1. The van der Waals surface area contributed by atoms with Gasteiger partial charge in [-0.25, -0.2) is 9.50 Å². The minimum absolute atomic E-state index is 0.210. The summed E-state index contributed by atoms with van der Waals surface area (Å²) in [6.07, 6.45) is -0.853. The molecular weight excluding hydrogens is 561 g/mol. The summed E-state index contributed by atoms with van der Waals surface area (Å²) >= 11 is 0.549. The first-order valence-electron chi connectivity index (χ1n) is 13.6. The fourth-order valence-electron chi connectivity index (χ4n) is 5.39. The molecule has 0 bridgehead atoms. The van der Waals surface area contributed by atoms with Crippen LogP contribution in [-0.2, 0) is 12.7 Å². The highest BCUT2D eigenvalue weighted by atomic mass is 32.1. The lowest BCUT2D eigenvalue weighted by atomic mass is 9.95. The van der Waals surface area contributed by atoms with Crippen LogP contribution in [-0.4, -0.2) is 52.8 Å². The van der Waals surface area contributed by atoms with Crippen LogP contribution in [0.25, 0.3) is 39.0 Å². The third kappa shape index (κ3) is 5.19. The molecule has 0 radical (unpaired) electrons. The maximum Gasteiger partial charge on any atom is 0.445 e. The molecule has 0 amide bonds. The van der Waals surface area contributed by atoms with E-state index < -0.39 is 11.2 Å². The number of H-pyrrole nitrogens is 1. The summed E-state index contributed by atoms with van der Waals surface area (Å²) < 4.78 is 41.6. The number of benzene rings is 2.